The van der Waals surface area contributed by atoms with Crippen LogP contribution >= 0.6 is 0 Å². The monoisotopic (exact) mass is 191 g/mol. The highest BCUT2D eigenvalue weighted by Gasteiger charge is 2.72. The number of alkyl halides is 6. The molecule has 0 aromatic carbocycles. The summed E-state index contributed by atoms with van der Waals surface area (Å²) in [5, 5.41) is 0. The lowest BCUT2D eigenvalue weighted by Crippen LogP contribution is -2.57. The normalized spacial score (nSPS) is 31.5. The van der Waals surface area contributed by atoms with Gasteiger partial charge in [0.15, 0.2) is 0 Å². The lowest BCUT2D eigenvalue weighted by Gasteiger charge is -2.36. The number of hydrogen-bond donors (Lipinski definition) is 0. The largest absolute Gasteiger partial charge is 0.371 e. The van der Waals surface area contributed by atoms with Crippen molar-refractivity contribution in [1.82, 2.24) is 0 Å². The second kappa shape index (κ2) is 2.29. The fourth-order valence-electron chi connectivity index (χ4n) is 0.959. The summed E-state index contributed by atoms with van der Waals surface area (Å²) in [6, 6.07) is 0. The molecule has 0 unspecified atom stereocenters. The Bertz CT molecular complexity index is 166. The van der Waals surface area contributed by atoms with Crippen molar-refractivity contribution in [1.29, 1.82) is 0 Å². The quantitative estimate of drug-likeness (QED) is 0.516. The van der Waals surface area contributed by atoms with Crippen LogP contribution in [-0.4, -0.2) is 17.8 Å². The number of rotatable bonds is 0. The fraction of sp³-hybridized carbons (Fsp3) is 0.833. The molecule has 0 heterocycles. The Morgan fingerprint density at radius 3 is 1.33 bits per heavy atom. The summed E-state index contributed by atoms with van der Waals surface area (Å²) in [6.45, 7) is 0. The summed E-state index contributed by atoms with van der Waals surface area (Å²) < 4.78 is 73.3. The van der Waals surface area contributed by atoms with Gasteiger partial charge in [-0.05, 0) is 6.42 Å². The van der Waals surface area contributed by atoms with Gasteiger partial charge in [-0.15, -0.1) is 0 Å². The van der Waals surface area contributed by atoms with Crippen LogP contribution in [0.25, 0.3) is 0 Å². The minimum Gasteiger partial charge on any atom is -0.200 e. The van der Waals surface area contributed by atoms with E-state index in [2.05, 4.69) is 0 Å². The van der Waals surface area contributed by atoms with Gasteiger partial charge in [0.2, 0.25) is 0 Å². The predicted octanol–water partition coefficient (Wildman–Crippen LogP) is 2.89. The van der Waals surface area contributed by atoms with Gasteiger partial charge in [0.1, 0.15) is 0 Å². The Morgan fingerprint density at radius 2 is 1.08 bits per heavy atom. The van der Waals surface area contributed by atoms with Crippen LogP contribution < -0.4 is 0 Å². The first kappa shape index (κ1) is 9.67. The van der Waals surface area contributed by atoms with Crippen LogP contribution in [0, 0.1) is 6.42 Å². The molecule has 1 aliphatic rings. The maximum absolute atomic E-state index is 12.2. The van der Waals surface area contributed by atoms with Crippen LogP contribution in [0.3, 0.4) is 0 Å². The van der Waals surface area contributed by atoms with Crippen molar-refractivity contribution in [3.63, 3.8) is 0 Å². The highest BCUT2D eigenvalue weighted by atomic mass is 19.3. The molecule has 6 heteroatoms. The first-order chi connectivity index (χ1) is 5.21. The zero-order chi connectivity index (χ0) is 9.62. The molecule has 0 aromatic heterocycles. The van der Waals surface area contributed by atoms with Crippen molar-refractivity contribution in [2.75, 3.05) is 0 Å². The van der Waals surface area contributed by atoms with E-state index >= 15 is 0 Å². The van der Waals surface area contributed by atoms with Crippen molar-refractivity contribution in [3.05, 3.63) is 6.42 Å². The van der Waals surface area contributed by atoms with E-state index in [0.29, 0.717) is 6.42 Å². The zero-order valence-electron chi connectivity index (χ0n) is 5.76. The first-order valence-corrected chi connectivity index (χ1v) is 3.16. The average Bonchev–Trinajstić information content (AvgIpc) is 1.83. The molecule has 1 radical (unpaired) electrons. The molecular formula is C6H5F6. The van der Waals surface area contributed by atoms with Crippen LogP contribution in [0.4, 0.5) is 26.3 Å². The Kier molecular flexibility index (Phi) is 1.85. The maximum atomic E-state index is 12.2. The summed E-state index contributed by atoms with van der Waals surface area (Å²) in [4.78, 5) is 0. The molecule has 0 N–H and O–H groups in total. The van der Waals surface area contributed by atoms with E-state index in [-0.39, 0.29) is 0 Å². The van der Waals surface area contributed by atoms with E-state index in [1.54, 1.807) is 0 Å². The summed E-state index contributed by atoms with van der Waals surface area (Å²) in [7, 11) is 0. The van der Waals surface area contributed by atoms with Crippen LogP contribution in [-0.2, 0) is 0 Å². The van der Waals surface area contributed by atoms with Crippen molar-refractivity contribution < 1.29 is 26.3 Å². The van der Waals surface area contributed by atoms with Gasteiger partial charge in [0, 0.05) is 12.8 Å². The molecule has 0 aliphatic heterocycles. The molecule has 1 fully saturated rings. The van der Waals surface area contributed by atoms with Gasteiger partial charge in [-0.2, -0.15) is 26.3 Å². The zero-order valence-corrected chi connectivity index (χ0v) is 5.76. The van der Waals surface area contributed by atoms with E-state index in [1.807, 2.05) is 0 Å². The van der Waals surface area contributed by atoms with E-state index in [0.717, 1.165) is 0 Å². The van der Waals surface area contributed by atoms with E-state index in [4.69, 9.17) is 0 Å². The minimum atomic E-state index is -5.23. The molecule has 1 saturated carbocycles. The maximum Gasteiger partial charge on any atom is 0.371 e. The molecule has 0 saturated heterocycles. The van der Waals surface area contributed by atoms with Crippen LogP contribution in [0.1, 0.15) is 12.8 Å². The molecule has 1 aliphatic carbocycles. The second-order valence-electron chi connectivity index (χ2n) is 2.68. The summed E-state index contributed by atoms with van der Waals surface area (Å²) in [5.74, 6) is -14.5. The van der Waals surface area contributed by atoms with E-state index in [1.165, 1.54) is 0 Å². The molecule has 0 atom stereocenters. The third-order valence-electron chi connectivity index (χ3n) is 1.72. The lowest BCUT2D eigenvalue weighted by molar-refractivity contribution is -0.320. The van der Waals surface area contributed by atoms with Crippen LogP contribution in [0.5, 0.6) is 0 Å². The molecule has 1 rings (SSSR count). The van der Waals surface area contributed by atoms with Crippen molar-refractivity contribution in [2.45, 2.75) is 30.6 Å². The third kappa shape index (κ3) is 1.08. The van der Waals surface area contributed by atoms with Gasteiger partial charge in [-0.1, -0.05) is 0 Å². The lowest BCUT2D eigenvalue weighted by atomic mass is 9.89. The standard InChI is InChI=1S/C6H5F6/c7-4(8)2-1-3-5(9,10)6(4,11)12/h1H,2-3H2. The minimum absolute atomic E-state index is 0.484. The molecule has 0 amide bonds. The van der Waals surface area contributed by atoms with Crippen molar-refractivity contribution in [3.8, 4) is 0 Å². The highest BCUT2D eigenvalue weighted by Crippen LogP contribution is 2.53. The molecule has 0 aromatic rings. The Balaban J connectivity index is 2.99. The first-order valence-electron chi connectivity index (χ1n) is 3.16. The molecule has 0 nitrogen and oxygen atoms in total. The summed E-state index contributed by atoms with van der Waals surface area (Å²) in [5.41, 5.74) is 0. The molecule has 0 spiro atoms. The topological polar surface area (TPSA) is 0 Å². The van der Waals surface area contributed by atoms with Crippen LogP contribution in [0.15, 0.2) is 0 Å². The van der Waals surface area contributed by atoms with Gasteiger partial charge >= 0.3 is 17.8 Å². The third-order valence-corrected chi connectivity index (χ3v) is 1.72. The van der Waals surface area contributed by atoms with Gasteiger partial charge in [0.05, 0.1) is 0 Å². The smallest absolute Gasteiger partial charge is 0.200 e. The molecular weight excluding hydrogens is 186 g/mol. The Labute approximate surface area is 64.6 Å². The fourth-order valence-corrected chi connectivity index (χ4v) is 0.959. The Hall–Kier alpha value is -0.420. The van der Waals surface area contributed by atoms with Crippen molar-refractivity contribution in [2.24, 2.45) is 0 Å². The molecule has 12 heavy (non-hydrogen) atoms. The average molecular weight is 191 g/mol. The van der Waals surface area contributed by atoms with Crippen molar-refractivity contribution >= 4 is 0 Å². The highest BCUT2D eigenvalue weighted by molar-refractivity contribution is 5.05. The van der Waals surface area contributed by atoms with Gasteiger partial charge in [-0.25, -0.2) is 0 Å². The number of halogens is 6. The summed E-state index contributed by atoms with van der Waals surface area (Å²) >= 11 is 0. The van der Waals surface area contributed by atoms with Gasteiger partial charge in [-0.3, -0.25) is 0 Å². The molecule has 0 bridgehead atoms. The Morgan fingerprint density at radius 1 is 0.750 bits per heavy atom. The predicted molar refractivity (Wildman–Crippen MR) is 28.4 cm³/mol. The van der Waals surface area contributed by atoms with Crippen LogP contribution in [0.2, 0.25) is 0 Å². The van der Waals surface area contributed by atoms with E-state index < -0.39 is 30.6 Å². The van der Waals surface area contributed by atoms with E-state index in [9.17, 15) is 26.3 Å². The van der Waals surface area contributed by atoms with Gasteiger partial charge in [0.25, 0.3) is 0 Å². The number of hydrogen-bond acceptors (Lipinski definition) is 0. The second-order valence-corrected chi connectivity index (χ2v) is 2.68. The van der Waals surface area contributed by atoms with Gasteiger partial charge < -0.3 is 0 Å². The summed E-state index contributed by atoms with van der Waals surface area (Å²) in [6.07, 6.45) is -2.11. The SMILES string of the molecule is FC1(F)C[CH]CC(F)(F)C1(F)F. The molecule has 71 valence electrons.